The molecule has 0 radical (unpaired) electrons. The molecule has 442 valence electrons. The van der Waals surface area contributed by atoms with Crippen LogP contribution in [0.15, 0.2) is 60.8 Å². The van der Waals surface area contributed by atoms with Gasteiger partial charge in [0.2, 0.25) is 0 Å². The molecule has 2 N–H and O–H groups in total. The topological polar surface area (TPSA) is 155 Å². The Morgan fingerprint density at radius 2 is 0.684 bits per heavy atom. The van der Waals surface area contributed by atoms with Crippen molar-refractivity contribution in [3.8, 4) is 0 Å². The first-order chi connectivity index (χ1) is 37.2. The van der Waals surface area contributed by atoms with Crippen LogP contribution in [0, 0.1) is 0 Å². The van der Waals surface area contributed by atoms with Gasteiger partial charge in [0.25, 0.3) is 0 Å². The summed E-state index contributed by atoms with van der Waals surface area (Å²) in [5.74, 6) is -1.49. The van der Waals surface area contributed by atoms with Gasteiger partial charge in [0.15, 0.2) is 6.10 Å². The maximum Gasteiger partial charge on any atom is 0.472 e. The summed E-state index contributed by atoms with van der Waals surface area (Å²) >= 11 is 0. The van der Waals surface area contributed by atoms with Crippen LogP contribution in [-0.4, -0.2) is 66.5 Å². The summed E-state index contributed by atoms with van der Waals surface area (Å²) in [7, 11) is -4.76. The zero-order chi connectivity index (χ0) is 55.5. The van der Waals surface area contributed by atoms with Crippen molar-refractivity contribution < 1.29 is 52.2 Å². The normalized spacial score (nSPS) is 13.7. The summed E-state index contributed by atoms with van der Waals surface area (Å²) < 4.78 is 39.6. The van der Waals surface area contributed by atoms with Crippen LogP contribution < -0.4 is 0 Å². The van der Waals surface area contributed by atoms with Crippen molar-refractivity contribution in [3.63, 3.8) is 0 Å². The van der Waals surface area contributed by atoms with Crippen LogP contribution in [-0.2, 0) is 42.2 Å². The number of allylic oxidation sites excluding steroid dienone is 10. The average molecular weight is 1090 g/mol. The number of phosphoric acid groups is 1. The van der Waals surface area contributed by atoms with E-state index < -0.39 is 57.8 Å². The second-order valence-electron chi connectivity index (χ2n) is 20.8. The smallest absolute Gasteiger partial charge is 0.462 e. The fraction of sp³-hybridized carbons (Fsp3) is 0.797. The van der Waals surface area contributed by atoms with Gasteiger partial charge in [-0.25, -0.2) is 4.57 Å². The van der Waals surface area contributed by atoms with Crippen molar-refractivity contribution in [2.24, 2.45) is 0 Å². The van der Waals surface area contributed by atoms with Gasteiger partial charge in [0.1, 0.15) is 12.7 Å². The standard InChI is InChI=1S/C64H115O11P/c1-4-7-10-13-16-19-22-25-28-30-33-35-38-41-44-47-50-53-62(66)71-57-61(75-64(68)55-52-49-46-43-40-37-34-31-29-26-23-20-17-14-11-8-5-2)59-73-76(69,70)72-58-60(56-65)74-63(67)54-51-48-45-42-39-36-32-27-24-21-18-15-12-9-6-3/h8,11,17,20,26-27,29,32,34,37,60-61,65H,4-7,9-10,12-16,18-19,21-25,28,30-31,33,35-36,38-59H2,1-3H3,(H,69,70)/b11-8-,20-17-,29-26-,32-27-,37-34-. The van der Waals surface area contributed by atoms with E-state index >= 15 is 0 Å². The third kappa shape index (κ3) is 55.9. The van der Waals surface area contributed by atoms with Crippen LogP contribution in [0.25, 0.3) is 0 Å². The van der Waals surface area contributed by atoms with Gasteiger partial charge in [-0.2, -0.15) is 0 Å². The first kappa shape index (κ1) is 73.2. The Kier molecular flexibility index (Phi) is 56.2. The molecule has 3 atom stereocenters. The number of unbranched alkanes of at least 4 members (excludes halogenated alkanes) is 31. The zero-order valence-electron chi connectivity index (χ0n) is 49.0. The predicted octanol–water partition coefficient (Wildman–Crippen LogP) is 18.7. The monoisotopic (exact) mass is 1090 g/mol. The summed E-state index contributed by atoms with van der Waals surface area (Å²) in [5.41, 5.74) is 0. The van der Waals surface area contributed by atoms with Crippen molar-refractivity contribution in [1.29, 1.82) is 0 Å². The van der Waals surface area contributed by atoms with Crippen molar-refractivity contribution in [1.82, 2.24) is 0 Å². The van der Waals surface area contributed by atoms with E-state index in [4.69, 9.17) is 23.3 Å². The van der Waals surface area contributed by atoms with Crippen LogP contribution in [0.4, 0.5) is 0 Å². The molecule has 0 heterocycles. The number of phosphoric ester groups is 1. The lowest BCUT2D eigenvalue weighted by atomic mass is 10.0. The van der Waals surface area contributed by atoms with Crippen LogP contribution >= 0.6 is 7.82 Å². The SMILES string of the molecule is CC/C=C\C/C=C\C/C=C\C/C=C\CCCCCCC(=O)OC(COC(=O)CCCCCCCCCCCCCCCCCCC)COP(=O)(O)OCC(CO)OC(=O)CCCCCCC/C=C\CCCCCCCC. The number of hydrogen-bond donors (Lipinski definition) is 2. The van der Waals surface area contributed by atoms with Gasteiger partial charge in [-0.1, -0.05) is 248 Å². The zero-order valence-corrected chi connectivity index (χ0v) is 49.9. The van der Waals surface area contributed by atoms with Gasteiger partial charge in [0, 0.05) is 19.3 Å². The average Bonchev–Trinajstić information content (AvgIpc) is 3.41. The molecular formula is C64H115O11P. The van der Waals surface area contributed by atoms with Gasteiger partial charge in [0.05, 0.1) is 19.8 Å². The van der Waals surface area contributed by atoms with E-state index in [0.717, 1.165) is 109 Å². The van der Waals surface area contributed by atoms with E-state index in [2.05, 4.69) is 81.5 Å². The van der Waals surface area contributed by atoms with E-state index in [1.165, 1.54) is 122 Å². The number of carbonyl (C=O) groups is 3. The summed E-state index contributed by atoms with van der Waals surface area (Å²) in [6.45, 7) is 4.54. The fourth-order valence-corrected chi connectivity index (χ4v) is 9.48. The van der Waals surface area contributed by atoms with E-state index in [1.807, 2.05) is 0 Å². The lowest BCUT2D eigenvalue weighted by Crippen LogP contribution is -2.30. The Morgan fingerprint density at radius 3 is 1.07 bits per heavy atom. The molecule has 0 aliphatic carbocycles. The fourth-order valence-electron chi connectivity index (χ4n) is 8.70. The highest BCUT2D eigenvalue weighted by Crippen LogP contribution is 2.43. The summed E-state index contributed by atoms with van der Waals surface area (Å²) in [5, 5.41) is 9.83. The van der Waals surface area contributed by atoms with Gasteiger partial charge >= 0.3 is 25.7 Å². The van der Waals surface area contributed by atoms with E-state index in [0.29, 0.717) is 19.3 Å². The van der Waals surface area contributed by atoms with Gasteiger partial charge in [-0.05, 0) is 83.5 Å². The quantitative estimate of drug-likeness (QED) is 0.0197. The van der Waals surface area contributed by atoms with Crippen LogP contribution in [0.2, 0.25) is 0 Å². The Balaban J connectivity index is 4.73. The molecule has 0 aliphatic rings. The van der Waals surface area contributed by atoms with Gasteiger partial charge in [-0.15, -0.1) is 0 Å². The molecule has 0 bridgehead atoms. The number of ether oxygens (including phenoxy) is 3. The molecule has 0 amide bonds. The lowest BCUT2D eigenvalue weighted by molar-refractivity contribution is -0.161. The van der Waals surface area contributed by atoms with Crippen molar-refractivity contribution in [3.05, 3.63) is 60.8 Å². The van der Waals surface area contributed by atoms with Crippen LogP contribution in [0.3, 0.4) is 0 Å². The van der Waals surface area contributed by atoms with E-state index in [1.54, 1.807) is 0 Å². The Bertz CT molecular complexity index is 1510. The molecule has 76 heavy (non-hydrogen) atoms. The molecule has 0 saturated carbocycles. The van der Waals surface area contributed by atoms with Crippen LogP contribution in [0.1, 0.15) is 290 Å². The van der Waals surface area contributed by atoms with Gasteiger partial charge in [-0.3, -0.25) is 23.4 Å². The maximum absolute atomic E-state index is 12.9. The molecule has 0 aliphatic heterocycles. The Hall–Kier alpha value is -2.82. The molecule has 0 aromatic carbocycles. The van der Waals surface area contributed by atoms with Crippen molar-refractivity contribution in [2.45, 2.75) is 303 Å². The van der Waals surface area contributed by atoms with Crippen molar-refractivity contribution in [2.75, 3.05) is 26.4 Å². The number of aliphatic hydroxyl groups is 1. The second kappa shape index (κ2) is 58.3. The number of carbonyl (C=O) groups excluding carboxylic acids is 3. The number of aliphatic hydroxyl groups excluding tert-OH is 1. The Morgan fingerprint density at radius 1 is 0.382 bits per heavy atom. The summed E-state index contributed by atoms with van der Waals surface area (Å²) in [6.07, 6.45) is 64.6. The largest absolute Gasteiger partial charge is 0.472 e. The minimum atomic E-state index is -4.76. The van der Waals surface area contributed by atoms with Crippen molar-refractivity contribution >= 4 is 25.7 Å². The molecule has 0 fully saturated rings. The maximum atomic E-state index is 12.9. The van der Waals surface area contributed by atoms with Gasteiger partial charge < -0.3 is 24.2 Å². The molecule has 0 spiro atoms. The summed E-state index contributed by atoms with van der Waals surface area (Å²) in [4.78, 5) is 48.7. The highest BCUT2D eigenvalue weighted by Gasteiger charge is 2.28. The lowest BCUT2D eigenvalue weighted by Gasteiger charge is -2.21. The van der Waals surface area contributed by atoms with E-state index in [9.17, 15) is 28.9 Å². The first-order valence-electron chi connectivity index (χ1n) is 31.2. The second-order valence-corrected chi connectivity index (χ2v) is 22.3. The predicted molar refractivity (Wildman–Crippen MR) is 316 cm³/mol. The van der Waals surface area contributed by atoms with E-state index in [-0.39, 0.29) is 25.9 Å². The minimum absolute atomic E-state index is 0.140. The highest BCUT2D eigenvalue weighted by molar-refractivity contribution is 7.47. The number of rotatable bonds is 58. The molecule has 0 rings (SSSR count). The summed E-state index contributed by atoms with van der Waals surface area (Å²) in [6, 6.07) is 0. The Labute approximate surface area is 465 Å². The minimum Gasteiger partial charge on any atom is -0.462 e. The molecule has 0 aromatic heterocycles. The third-order valence-electron chi connectivity index (χ3n) is 13.4. The third-order valence-corrected chi connectivity index (χ3v) is 14.4. The molecule has 0 aromatic rings. The highest BCUT2D eigenvalue weighted by atomic mass is 31.2. The number of hydrogen-bond acceptors (Lipinski definition) is 10. The number of esters is 3. The molecule has 3 unspecified atom stereocenters. The van der Waals surface area contributed by atoms with Crippen LogP contribution in [0.5, 0.6) is 0 Å². The molecule has 0 saturated heterocycles. The molecule has 11 nitrogen and oxygen atoms in total. The first-order valence-corrected chi connectivity index (χ1v) is 32.7. The molecule has 12 heteroatoms. The molecular weight excluding hydrogens is 976 g/mol.